The number of nitrogens with one attached hydrogen (secondary N) is 1. The van der Waals surface area contributed by atoms with Crippen molar-refractivity contribution >= 4 is 17.1 Å². The first-order valence-corrected chi connectivity index (χ1v) is 9.88. The van der Waals surface area contributed by atoms with Gasteiger partial charge in [-0.1, -0.05) is 12.1 Å². The summed E-state index contributed by atoms with van der Waals surface area (Å²) in [5.74, 6) is 0. The molecule has 1 N–H and O–H groups in total. The fourth-order valence-electron chi connectivity index (χ4n) is 3.72. The van der Waals surface area contributed by atoms with Crippen LogP contribution in [0.5, 0.6) is 0 Å². The van der Waals surface area contributed by atoms with Gasteiger partial charge in [0.1, 0.15) is 5.60 Å². The highest BCUT2D eigenvalue weighted by Crippen LogP contribution is 2.31. The zero-order valence-corrected chi connectivity index (χ0v) is 17.4. The minimum Gasteiger partial charge on any atom is -0.444 e. The summed E-state index contributed by atoms with van der Waals surface area (Å²) in [6, 6.07) is 12.0. The molecule has 0 atom stereocenters. The van der Waals surface area contributed by atoms with Crippen molar-refractivity contribution in [3.05, 3.63) is 59.7 Å². The number of halogens is 3. The van der Waals surface area contributed by atoms with E-state index >= 15 is 0 Å². The van der Waals surface area contributed by atoms with Crippen molar-refractivity contribution in [2.45, 2.75) is 38.6 Å². The average molecular weight is 432 g/mol. The van der Waals surface area contributed by atoms with E-state index in [1.54, 1.807) is 30.2 Å². The molecular formula is C22H23F3N4O2. The minimum absolute atomic E-state index is 0.124. The molecule has 164 valence electrons. The van der Waals surface area contributed by atoms with Crippen LogP contribution in [0.2, 0.25) is 0 Å². The molecule has 1 saturated heterocycles. The highest BCUT2D eigenvalue weighted by Gasteiger charge is 2.36. The van der Waals surface area contributed by atoms with Gasteiger partial charge in [0, 0.05) is 18.8 Å². The predicted molar refractivity (Wildman–Crippen MR) is 109 cm³/mol. The first-order valence-electron chi connectivity index (χ1n) is 9.88. The number of fused-ring (bicyclic) bond motifs is 1. The number of imidazole rings is 1. The number of carbonyl (C=O) groups is 1. The zero-order chi connectivity index (χ0) is 22.6. The molecular weight excluding hydrogens is 409 g/mol. The number of hydrogen-bond acceptors (Lipinski definition) is 3. The molecule has 2 heterocycles. The van der Waals surface area contributed by atoms with Gasteiger partial charge in [0.2, 0.25) is 5.62 Å². The Bertz CT molecular complexity index is 1180. The summed E-state index contributed by atoms with van der Waals surface area (Å²) >= 11 is 0. The van der Waals surface area contributed by atoms with Crippen LogP contribution in [-0.2, 0) is 10.9 Å². The normalized spacial score (nSPS) is 15.2. The summed E-state index contributed by atoms with van der Waals surface area (Å²) in [4.78, 5) is 13.8. The molecule has 1 amide bonds. The lowest BCUT2D eigenvalue weighted by Crippen LogP contribution is -2.54. The average Bonchev–Trinajstić information content (AvgIpc) is 2.91. The van der Waals surface area contributed by atoms with E-state index in [0.29, 0.717) is 24.3 Å². The van der Waals surface area contributed by atoms with Crippen molar-refractivity contribution in [3.63, 3.8) is 0 Å². The maximum atomic E-state index is 12.9. The number of likely N-dealkylation sites (tertiary alicyclic amines) is 1. The van der Waals surface area contributed by atoms with Crippen LogP contribution in [0.4, 0.5) is 18.0 Å². The van der Waals surface area contributed by atoms with Crippen molar-refractivity contribution in [3.8, 4) is 5.69 Å². The van der Waals surface area contributed by atoms with E-state index in [1.807, 2.05) is 28.8 Å². The highest BCUT2D eigenvalue weighted by atomic mass is 19.4. The lowest BCUT2D eigenvalue weighted by atomic mass is 10.1. The van der Waals surface area contributed by atoms with Crippen molar-refractivity contribution in [2.24, 2.45) is 0 Å². The van der Waals surface area contributed by atoms with E-state index in [1.165, 1.54) is 12.1 Å². The molecule has 0 unspecified atom stereocenters. The van der Waals surface area contributed by atoms with Gasteiger partial charge in [-0.3, -0.25) is 9.98 Å². The number of amides is 1. The molecule has 1 fully saturated rings. The largest absolute Gasteiger partial charge is 0.444 e. The number of benzene rings is 2. The van der Waals surface area contributed by atoms with Crippen molar-refractivity contribution in [1.29, 1.82) is 5.41 Å². The molecule has 3 aromatic rings. The molecule has 9 heteroatoms. The number of hydrogen-bond donors (Lipinski definition) is 1. The van der Waals surface area contributed by atoms with Crippen LogP contribution in [0.1, 0.15) is 32.4 Å². The molecule has 0 saturated carbocycles. The van der Waals surface area contributed by atoms with Gasteiger partial charge in [-0.2, -0.15) is 13.2 Å². The van der Waals surface area contributed by atoms with Crippen molar-refractivity contribution in [2.75, 3.05) is 13.1 Å². The van der Waals surface area contributed by atoms with Gasteiger partial charge in [0.15, 0.2) is 0 Å². The van der Waals surface area contributed by atoms with Crippen LogP contribution in [-0.4, -0.2) is 38.8 Å². The van der Waals surface area contributed by atoms with Gasteiger partial charge in [0.25, 0.3) is 0 Å². The smallest absolute Gasteiger partial charge is 0.416 e. The van der Waals surface area contributed by atoms with Gasteiger partial charge < -0.3 is 14.2 Å². The van der Waals surface area contributed by atoms with Crippen molar-refractivity contribution < 1.29 is 22.7 Å². The number of rotatable bonds is 2. The van der Waals surface area contributed by atoms with Crippen LogP contribution in [0, 0.1) is 5.41 Å². The molecule has 1 aliphatic heterocycles. The first kappa shape index (κ1) is 21.0. The van der Waals surface area contributed by atoms with E-state index in [9.17, 15) is 18.0 Å². The second kappa shape index (κ2) is 7.18. The Morgan fingerprint density at radius 3 is 2.13 bits per heavy atom. The van der Waals surface area contributed by atoms with E-state index in [-0.39, 0.29) is 11.7 Å². The standard InChI is InChI=1S/C22H23F3N4O2/c1-21(2,3)31-20(30)27-12-16(13-27)29-18-7-5-4-6-17(18)28(19(29)26)15-10-8-14(9-11-15)22(23,24)25/h4-11,16,26H,12-13H2,1-3H3. The first-order chi connectivity index (χ1) is 14.5. The van der Waals surface area contributed by atoms with Gasteiger partial charge >= 0.3 is 12.3 Å². The molecule has 4 rings (SSSR count). The lowest BCUT2D eigenvalue weighted by molar-refractivity contribution is -0.137. The topological polar surface area (TPSA) is 63.2 Å². The monoisotopic (exact) mass is 432 g/mol. The number of para-hydroxylation sites is 2. The molecule has 2 aromatic carbocycles. The van der Waals surface area contributed by atoms with Gasteiger partial charge in [-0.15, -0.1) is 0 Å². The molecule has 6 nitrogen and oxygen atoms in total. The van der Waals surface area contributed by atoms with Crippen molar-refractivity contribution in [1.82, 2.24) is 14.0 Å². The summed E-state index contributed by atoms with van der Waals surface area (Å²) in [5.41, 5.74) is 0.767. The van der Waals surface area contributed by atoms with Gasteiger partial charge in [-0.05, 0) is 57.2 Å². The Balaban J connectivity index is 1.68. The maximum absolute atomic E-state index is 12.9. The molecule has 1 aliphatic rings. The summed E-state index contributed by atoms with van der Waals surface area (Å²) in [6.07, 6.45) is -4.82. The quantitative estimate of drug-likeness (QED) is 0.637. The predicted octanol–water partition coefficient (Wildman–Crippen LogP) is 4.72. The van der Waals surface area contributed by atoms with Gasteiger partial charge in [0.05, 0.1) is 22.6 Å². The Kier molecular flexibility index (Phi) is 4.87. The third-order valence-electron chi connectivity index (χ3n) is 5.15. The van der Waals surface area contributed by atoms with Gasteiger partial charge in [-0.25, -0.2) is 4.79 Å². The second-order valence-corrected chi connectivity index (χ2v) is 8.60. The Labute approximate surface area is 177 Å². The van der Waals surface area contributed by atoms with Crippen LogP contribution in [0.25, 0.3) is 16.7 Å². The number of ether oxygens (including phenoxy) is 1. The van der Waals surface area contributed by atoms with E-state index in [4.69, 9.17) is 10.1 Å². The lowest BCUT2D eigenvalue weighted by Gasteiger charge is -2.40. The van der Waals surface area contributed by atoms with Crippen LogP contribution >= 0.6 is 0 Å². The van der Waals surface area contributed by atoms with Crippen LogP contribution < -0.4 is 5.62 Å². The van der Waals surface area contributed by atoms with E-state index < -0.39 is 23.4 Å². The number of alkyl halides is 3. The third kappa shape index (κ3) is 3.92. The van der Waals surface area contributed by atoms with Crippen LogP contribution in [0.3, 0.4) is 0 Å². The fourth-order valence-corrected chi connectivity index (χ4v) is 3.72. The molecule has 31 heavy (non-hydrogen) atoms. The Morgan fingerprint density at radius 1 is 1.00 bits per heavy atom. The summed E-state index contributed by atoms with van der Waals surface area (Å²) in [6.45, 7) is 6.20. The molecule has 0 bridgehead atoms. The Hall–Kier alpha value is -3.23. The third-order valence-corrected chi connectivity index (χ3v) is 5.15. The molecule has 0 aliphatic carbocycles. The molecule has 0 radical (unpaired) electrons. The zero-order valence-electron chi connectivity index (χ0n) is 17.4. The Morgan fingerprint density at radius 2 is 1.58 bits per heavy atom. The summed E-state index contributed by atoms with van der Waals surface area (Å²) < 4.78 is 47.6. The number of nitrogens with zero attached hydrogens (tertiary/aromatic N) is 3. The highest BCUT2D eigenvalue weighted by molar-refractivity contribution is 5.78. The van der Waals surface area contributed by atoms with E-state index in [2.05, 4.69) is 0 Å². The SMILES string of the molecule is CC(C)(C)OC(=O)N1CC(n2c(=N)n(-c3ccc(C(F)(F)F)cc3)c3ccccc32)C1. The second-order valence-electron chi connectivity index (χ2n) is 8.60. The van der Waals surface area contributed by atoms with E-state index in [0.717, 1.165) is 17.6 Å². The summed E-state index contributed by atoms with van der Waals surface area (Å²) in [5, 5.41) is 8.74. The maximum Gasteiger partial charge on any atom is 0.416 e. The minimum atomic E-state index is -4.42. The fraction of sp³-hybridized carbons (Fsp3) is 0.364. The molecule has 0 spiro atoms. The number of carbonyl (C=O) groups excluding carboxylic acids is 1. The number of aromatic nitrogens is 2. The summed E-state index contributed by atoms with van der Waals surface area (Å²) in [7, 11) is 0. The molecule has 1 aromatic heterocycles. The van der Waals surface area contributed by atoms with Crippen LogP contribution in [0.15, 0.2) is 48.5 Å².